The first kappa shape index (κ1) is 12.0. The van der Waals surface area contributed by atoms with Crippen molar-refractivity contribution in [3.8, 4) is 0 Å². The van der Waals surface area contributed by atoms with Crippen LogP contribution in [0.2, 0.25) is 0 Å². The van der Waals surface area contributed by atoms with Crippen LogP contribution in [0.15, 0.2) is 53.5 Å². The minimum absolute atomic E-state index is 0.678. The molecule has 2 rings (SSSR count). The zero-order valence-electron chi connectivity index (χ0n) is 10.9. The van der Waals surface area contributed by atoms with Crippen molar-refractivity contribution in [1.82, 2.24) is 0 Å². The van der Waals surface area contributed by atoms with E-state index in [9.17, 15) is 0 Å². The van der Waals surface area contributed by atoms with Crippen LogP contribution in [0, 0.1) is 5.92 Å². The van der Waals surface area contributed by atoms with Crippen LogP contribution >= 0.6 is 0 Å². The summed E-state index contributed by atoms with van der Waals surface area (Å²) >= 11 is 0. The highest BCUT2D eigenvalue weighted by Crippen LogP contribution is 2.23. The molecule has 84 valence electrons. The van der Waals surface area contributed by atoms with Crippen LogP contribution in [-0.2, 0) is 0 Å². The SMILES string of the molecule is BC1=CC=C(C=Cc2ccc(B)cc2)CC1C. The second kappa shape index (κ2) is 5.27. The van der Waals surface area contributed by atoms with E-state index in [1.54, 1.807) is 0 Å². The largest absolute Gasteiger partial charge is 0.139 e. The van der Waals surface area contributed by atoms with E-state index in [0.717, 1.165) is 6.42 Å². The van der Waals surface area contributed by atoms with Gasteiger partial charge in [-0.1, -0.05) is 61.0 Å². The summed E-state index contributed by atoms with van der Waals surface area (Å²) in [6.45, 7) is 2.29. The van der Waals surface area contributed by atoms with Crippen LogP contribution in [0.3, 0.4) is 0 Å². The monoisotopic (exact) mass is 220 g/mol. The number of rotatable bonds is 2. The third-order valence-corrected chi connectivity index (χ3v) is 3.45. The lowest BCUT2D eigenvalue weighted by Crippen LogP contribution is -2.04. The van der Waals surface area contributed by atoms with Gasteiger partial charge in [0.1, 0.15) is 15.7 Å². The van der Waals surface area contributed by atoms with Gasteiger partial charge in [0.25, 0.3) is 0 Å². The van der Waals surface area contributed by atoms with Crippen molar-refractivity contribution >= 4 is 27.2 Å². The first-order chi connectivity index (χ1) is 8.15. The second-order valence-corrected chi connectivity index (χ2v) is 5.00. The molecule has 0 saturated heterocycles. The zero-order chi connectivity index (χ0) is 12.3. The molecule has 0 nitrogen and oxygen atoms in total. The van der Waals surface area contributed by atoms with E-state index in [-0.39, 0.29) is 0 Å². The van der Waals surface area contributed by atoms with Crippen molar-refractivity contribution < 1.29 is 0 Å². The molecule has 0 heterocycles. The maximum absolute atomic E-state index is 2.29. The Morgan fingerprint density at radius 1 is 1.06 bits per heavy atom. The summed E-state index contributed by atoms with van der Waals surface area (Å²) in [5.41, 5.74) is 5.49. The van der Waals surface area contributed by atoms with Crippen LogP contribution in [-0.4, -0.2) is 15.7 Å². The fourth-order valence-electron chi connectivity index (χ4n) is 1.99. The molecule has 0 amide bonds. The Hall–Kier alpha value is -1.43. The summed E-state index contributed by atoms with van der Waals surface area (Å²) in [5.74, 6) is 0.678. The highest BCUT2D eigenvalue weighted by Gasteiger charge is 2.08. The predicted octanol–water partition coefficient (Wildman–Crippen LogP) is 1.44. The van der Waals surface area contributed by atoms with E-state index in [4.69, 9.17) is 0 Å². The van der Waals surface area contributed by atoms with E-state index in [1.165, 1.54) is 22.1 Å². The Morgan fingerprint density at radius 3 is 2.41 bits per heavy atom. The molecule has 1 unspecified atom stereocenters. The maximum Gasteiger partial charge on any atom is 0.139 e. The third-order valence-electron chi connectivity index (χ3n) is 3.45. The van der Waals surface area contributed by atoms with Crippen molar-refractivity contribution in [3.05, 3.63) is 59.1 Å². The lowest BCUT2D eigenvalue weighted by atomic mass is 9.78. The van der Waals surface area contributed by atoms with Crippen molar-refractivity contribution in [3.63, 3.8) is 0 Å². The smallest absolute Gasteiger partial charge is 0.107 e. The van der Waals surface area contributed by atoms with Crippen molar-refractivity contribution in [2.24, 2.45) is 5.92 Å². The molecule has 2 heteroatoms. The zero-order valence-corrected chi connectivity index (χ0v) is 10.9. The quantitative estimate of drug-likeness (QED) is 0.661. The van der Waals surface area contributed by atoms with Crippen LogP contribution in [0.4, 0.5) is 0 Å². The average Bonchev–Trinajstić information content (AvgIpc) is 2.33. The summed E-state index contributed by atoms with van der Waals surface area (Å²) in [5, 5.41) is 0. The Balaban J connectivity index is 2.09. The summed E-state index contributed by atoms with van der Waals surface area (Å²) < 4.78 is 0. The molecular weight excluding hydrogens is 202 g/mol. The molecule has 0 N–H and O–H groups in total. The van der Waals surface area contributed by atoms with Crippen LogP contribution in [0.5, 0.6) is 0 Å². The fourth-order valence-corrected chi connectivity index (χ4v) is 1.99. The Morgan fingerprint density at radius 2 is 1.76 bits per heavy atom. The molecule has 1 aromatic rings. The summed E-state index contributed by atoms with van der Waals surface area (Å²) in [6.07, 6.45) is 10.1. The molecule has 0 aromatic heterocycles. The van der Waals surface area contributed by atoms with Crippen LogP contribution < -0.4 is 5.46 Å². The van der Waals surface area contributed by atoms with Crippen LogP contribution in [0.25, 0.3) is 6.08 Å². The van der Waals surface area contributed by atoms with E-state index >= 15 is 0 Å². The topological polar surface area (TPSA) is 0 Å². The molecule has 0 fully saturated rings. The number of hydrogen-bond donors (Lipinski definition) is 0. The molecule has 1 aliphatic rings. The normalized spacial score (nSPS) is 20.2. The molecule has 0 bridgehead atoms. The Bertz CT molecular complexity index is 478. The third kappa shape index (κ3) is 3.26. The van der Waals surface area contributed by atoms with Gasteiger partial charge in [0, 0.05) is 0 Å². The van der Waals surface area contributed by atoms with Crippen LogP contribution in [0.1, 0.15) is 18.9 Å². The predicted molar refractivity (Wildman–Crippen MR) is 82.1 cm³/mol. The standard InChI is InChI=1S/C15H18B2/c1-11-10-13(6-9-15(11)17)3-2-12-4-7-14(16)8-5-12/h2-9,11H,10,16-17H2,1H3. The average molecular weight is 220 g/mol. The van der Waals surface area contributed by atoms with Gasteiger partial charge in [-0.05, 0) is 23.5 Å². The van der Waals surface area contributed by atoms with Gasteiger partial charge in [-0.15, -0.1) is 5.47 Å². The summed E-state index contributed by atoms with van der Waals surface area (Å²) in [6, 6.07) is 8.64. The van der Waals surface area contributed by atoms with E-state index in [0.29, 0.717) is 5.92 Å². The second-order valence-electron chi connectivity index (χ2n) is 5.00. The van der Waals surface area contributed by atoms with E-state index < -0.39 is 0 Å². The van der Waals surface area contributed by atoms with Gasteiger partial charge in [0.05, 0.1) is 0 Å². The molecule has 0 radical (unpaired) electrons. The lowest BCUT2D eigenvalue weighted by Gasteiger charge is -2.17. The number of allylic oxidation sites excluding steroid dienone is 5. The summed E-state index contributed by atoms with van der Waals surface area (Å²) in [4.78, 5) is 0. The highest BCUT2D eigenvalue weighted by atomic mass is 14.1. The van der Waals surface area contributed by atoms with Crippen molar-refractivity contribution in [1.29, 1.82) is 0 Å². The molecule has 1 atom stereocenters. The molecule has 17 heavy (non-hydrogen) atoms. The number of hydrogen-bond acceptors (Lipinski definition) is 0. The lowest BCUT2D eigenvalue weighted by molar-refractivity contribution is 0.703. The van der Waals surface area contributed by atoms with Crippen molar-refractivity contribution in [2.45, 2.75) is 13.3 Å². The minimum Gasteiger partial charge on any atom is -0.107 e. The first-order valence-corrected chi connectivity index (χ1v) is 6.27. The highest BCUT2D eigenvalue weighted by molar-refractivity contribution is 6.32. The maximum atomic E-state index is 2.29. The molecule has 1 aromatic carbocycles. The van der Waals surface area contributed by atoms with E-state index in [2.05, 4.69) is 71.2 Å². The number of benzene rings is 1. The Kier molecular flexibility index (Phi) is 3.73. The molecule has 0 spiro atoms. The van der Waals surface area contributed by atoms with Gasteiger partial charge in [-0.3, -0.25) is 0 Å². The van der Waals surface area contributed by atoms with Gasteiger partial charge < -0.3 is 0 Å². The molecule has 1 aliphatic carbocycles. The summed E-state index contributed by atoms with van der Waals surface area (Å²) in [7, 11) is 4.33. The van der Waals surface area contributed by atoms with Gasteiger partial charge in [0.15, 0.2) is 0 Å². The van der Waals surface area contributed by atoms with Gasteiger partial charge in [-0.25, -0.2) is 0 Å². The Labute approximate surface area is 106 Å². The first-order valence-electron chi connectivity index (χ1n) is 6.27. The molecule has 0 aliphatic heterocycles. The van der Waals surface area contributed by atoms with Gasteiger partial charge in [-0.2, -0.15) is 0 Å². The fraction of sp³-hybridized carbons (Fsp3) is 0.200. The molecular formula is C15H18B2. The van der Waals surface area contributed by atoms with E-state index in [1.807, 2.05) is 0 Å². The van der Waals surface area contributed by atoms with Gasteiger partial charge in [0.2, 0.25) is 0 Å². The minimum atomic E-state index is 0.678. The van der Waals surface area contributed by atoms with Crippen molar-refractivity contribution in [2.75, 3.05) is 0 Å². The van der Waals surface area contributed by atoms with Gasteiger partial charge >= 0.3 is 0 Å². The molecule has 0 saturated carbocycles.